The summed E-state index contributed by atoms with van der Waals surface area (Å²) in [6.45, 7) is 6.47. The monoisotopic (exact) mass is 1000 g/mol. The van der Waals surface area contributed by atoms with E-state index in [-0.39, 0.29) is 37.5 Å². The van der Waals surface area contributed by atoms with E-state index < -0.39 is 6.10 Å². The standard InChI is InChI=1S/C66H112O6/c1-4-7-10-13-16-19-22-25-28-31-33-36-38-41-44-47-50-53-56-59-65(68)71-62-63(61-70-64(67)58-55-52-49-46-43-40-37-34-30-27-24-21-18-15-12-9-6-3)72-66(69)60-57-54-51-48-45-42-39-35-32-29-26-23-20-17-14-11-8-5-2/h7,10,16,19,25,27-30,32,35,37,39-40,46,49,63H,4-6,8-9,11-15,17-18,20-24,26,31,33-34,36,38,41-45,47-48,50-62H2,1-3H3/b10-7-,19-16-,28-25-,30-27-,32-29-,39-35-,40-37-,49-46-. The first-order valence-electron chi connectivity index (χ1n) is 30.3. The minimum absolute atomic E-state index is 0.103. The molecule has 0 saturated heterocycles. The highest BCUT2D eigenvalue weighted by molar-refractivity contribution is 5.71. The zero-order valence-corrected chi connectivity index (χ0v) is 47.2. The lowest BCUT2D eigenvalue weighted by atomic mass is 10.1. The Morgan fingerprint density at radius 2 is 0.597 bits per heavy atom. The van der Waals surface area contributed by atoms with Crippen molar-refractivity contribution in [2.24, 2.45) is 0 Å². The summed E-state index contributed by atoms with van der Waals surface area (Å²) in [7, 11) is 0. The normalized spacial score (nSPS) is 12.8. The molecule has 412 valence electrons. The highest BCUT2D eigenvalue weighted by Crippen LogP contribution is 2.15. The van der Waals surface area contributed by atoms with Gasteiger partial charge < -0.3 is 14.2 Å². The number of hydrogen-bond donors (Lipinski definition) is 0. The molecule has 0 fully saturated rings. The van der Waals surface area contributed by atoms with Gasteiger partial charge in [-0.3, -0.25) is 14.4 Å². The molecular weight excluding hydrogens is 889 g/mol. The first kappa shape index (κ1) is 68.3. The summed E-state index contributed by atoms with van der Waals surface area (Å²) < 4.78 is 16.8. The maximum atomic E-state index is 12.9. The van der Waals surface area contributed by atoms with Crippen molar-refractivity contribution >= 4 is 17.9 Å². The van der Waals surface area contributed by atoms with E-state index >= 15 is 0 Å². The molecule has 6 heteroatoms. The number of rotatable bonds is 54. The van der Waals surface area contributed by atoms with Gasteiger partial charge in [0.1, 0.15) is 13.2 Å². The molecule has 0 radical (unpaired) electrons. The van der Waals surface area contributed by atoms with Crippen LogP contribution in [0.25, 0.3) is 0 Å². The van der Waals surface area contributed by atoms with E-state index in [4.69, 9.17) is 14.2 Å². The number of ether oxygens (including phenoxy) is 3. The Morgan fingerprint density at radius 3 is 0.986 bits per heavy atom. The number of carbonyl (C=O) groups excluding carboxylic acids is 3. The molecule has 0 saturated carbocycles. The molecule has 0 aromatic rings. The van der Waals surface area contributed by atoms with Gasteiger partial charge in [-0.1, -0.05) is 253 Å². The van der Waals surface area contributed by atoms with E-state index in [1.807, 2.05) is 0 Å². The second-order valence-corrected chi connectivity index (χ2v) is 19.9. The SMILES string of the molecule is CC/C=C\C/C=C\C/C=C\CCCCCCCCCCCC(=O)OCC(COC(=O)CCC/C=C\C/C=C\C/C=C\CCCCCCCC)OC(=O)CCCCCCC/C=C\C=C/CCCCCCCCC. The molecule has 0 aliphatic heterocycles. The van der Waals surface area contributed by atoms with Crippen LogP contribution in [0.3, 0.4) is 0 Å². The third-order valence-corrected chi connectivity index (χ3v) is 12.8. The predicted octanol–water partition coefficient (Wildman–Crippen LogP) is 20.5. The molecule has 0 aromatic heterocycles. The lowest BCUT2D eigenvalue weighted by molar-refractivity contribution is -0.167. The van der Waals surface area contributed by atoms with E-state index in [1.165, 1.54) is 141 Å². The van der Waals surface area contributed by atoms with Crippen molar-refractivity contribution in [3.63, 3.8) is 0 Å². The van der Waals surface area contributed by atoms with Crippen LogP contribution in [0, 0.1) is 0 Å². The van der Waals surface area contributed by atoms with Crippen LogP contribution >= 0.6 is 0 Å². The van der Waals surface area contributed by atoms with E-state index in [9.17, 15) is 14.4 Å². The Hall–Kier alpha value is -3.67. The van der Waals surface area contributed by atoms with Crippen LogP contribution in [0.1, 0.15) is 284 Å². The van der Waals surface area contributed by atoms with Gasteiger partial charge in [0.25, 0.3) is 0 Å². The molecule has 6 nitrogen and oxygen atoms in total. The third-order valence-electron chi connectivity index (χ3n) is 12.8. The Kier molecular flexibility index (Phi) is 56.8. The number of hydrogen-bond acceptors (Lipinski definition) is 6. The first-order chi connectivity index (χ1) is 35.5. The molecule has 72 heavy (non-hydrogen) atoms. The molecule has 0 spiro atoms. The highest BCUT2D eigenvalue weighted by atomic mass is 16.6. The van der Waals surface area contributed by atoms with Crippen LogP contribution in [-0.2, 0) is 28.6 Å². The van der Waals surface area contributed by atoms with Gasteiger partial charge in [-0.2, -0.15) is 0 Å². The van der Waals surface area contributed by atoms with Crippen molar-refractivity contribution in [2.45, 2.75) is 290 Å². The van der Waals surface area contributed by atoms with Gasteiger partial charge >= 0.3 is 17.9 Å². The zero-order valence-electron chi connectivity index (χ0n) is 47.2. The van der Waals surface area contributed by atoms with Crippen LogP contribution in [0.5, 0.6) is 0 Å². The minimum atomic E-state index is -0.810. The summed E-state index contributed by atoms with van der Waals surface area (Å²) in [5.41, 5.74) is 0. The molecule has 0 amide bonds. The van der Waals surface area contributed by atoms with E-state index in [0.717, 1.165) is 96.3 Å². The number of allylic oxidation sites excluding steroid dienone is 16. The maximum Gasteiger partial charge on any atom is 0.306 e. The molecule has 1 unspecified atom stereocenters. The van der Waals surface area contributed by atoms with E-state index in [1.54, 1.807) is 0 Å². The second kappa shape index (κ2) is 59.9. The molecule has 0 aliphatic carbocycles. The van der Waals surface area contributed by atoms with Gasteiger partial charge in [-0.05, 0) is 109 Å². The largest absolute Gasteiger partial charge is 0.462 e. The molecule has 1 atom stereocenters. The number of carbonyl (C=O) groups is 3. The number of esters is 3. The summed E-state index contributed by atoms with van der Waals surface area (Å²) in [6.07, 6.45) is 79.8. The molecule has 0 N–H and O–H groups in total. The summed E-state index contributed by atoms with van der Waals surface area (Å²) >= 11 is 0. The predicted molar refractivity (Wildman–Crippen MR) is 311 cm³/mol. The van der Waals surface area contributed by atoms with Gasteiger partial charge in [0, 0.05) is 19.3 Å². The molecule has 0 aliphatic rings. The average molecular weight is 1000 g/mol. The van der Waals surface area contributed by atoms with Gasteiger partial charge in [-0.25, -0.2) is 0 Å². The summed E-state index contributed by atoms with van der Waals surface area (Å²) in [5.74, 6) is -0.971. The molecule has 0 aromatic carbocycles. The third kappa shape index (κ3) is 57.2. The Balaban J connectivity index is 4.49. The van der Waals surface area contributed by atoms with Gasteiger partial charge in [-0.15, -0.1) is 0 Å². The number of unbranched alkanes of at least 4 members (excludes halogenated alkanes) is 28. The fraction of sp³-hybridized carbons (Fsp3) is 0.712. The Labute approximate surface area is 445 Å². The van der Waals surface area contributed by atoms with Gasteiger partial charge in [0.15, 0.2) is 6.10 Å². The van der Waals surface area contributed by atoms with Gasteiger partial charge in [0.2, 0.25) is 0 Å². The molecule has 0 bridgehead atoms. The van der Waals surface area contributed by atoms with Crippen molar-refractivity contribution in [1.29, 1.82) is 0 Å². The van der Waals surface area contributed by atoms with Gasteiger partial charge in [0.05, 0.1) is 0 Å². The maximum absolute atomic E-state index is 12.9. The average Bonchev–Trinajstić information content (AvgIpc) is 3.38. The fourth-order valence-electron chi connectivity index (χ4n) is 8.29. The van der Waals surface area contributed by atoms with Crippen LogP contribution in [0.4, 0.5) is 0 Å². The Bertz CT molecular complexity index is 1430. The first-order valence-corrected chi connectivity index (χ1v) is 30.3. The van der Waals surface area contributed by atoms with Crippen LogP contribution in [0.2, 0.25) is 0 Å². The lowest BCUT2D eigenvalue weighted by Crippen LogP contribution is -2.30. The van der Waals surface area contributed by atoms with E-state index in [0.29, 0.717) is 19.3 Å². The summed E-state index contributed by atoms with van der Waals surface area (Å²) in [6, 6.07) is 0. The quantitative estimate of drug-likeness (QED) is 0.0199. The van der Waals surface area contributed by atoms with E-state index in [2.05, 4.69) is 118 Å². The van der Waals surface area contributed by atoms with Crippen LogP contribution < -0.4 is 0 Å². The highest BCUT2D eigenvalue weighted by Gasteiger charge is 2.19. The summed E-state index contributed by atoms with van der Waals surface area (Å²) in [5, 5.41) is 0. The van der Waals surface area contributed by atoms with Crippen molar-refractivity contribution in [1.82, 2.24) is 0 Å². The molecular formula is C66H112O6. The molecule has 0 heterocycles. The molecule has 0 rings (SSSR count). The zero-order chi connectivity index (χ0) is 52.2. The lowest BCUT2D eigenvalue weighted by Gasteiger charge is -2.18. The van der Waals surface area contributed by atoms with Crippen LogP contribution in [-0.4, -0.2) is 37.2 Å². The smallest absolute Gasteiger partial charge is 0.306 e. The van der Waals surface area contributed by atoms with Crippen molar-refractivity contribution in [3.8, 4) is 0 Å². The Morgan fingerprint density at radius 1 is 0.306 bits per heavy atom. The topological polar surface area (TPSA) is 78.9 Å². The van der Waals surface area contributed by atoms with Crippen LogP contribution in [0.15, 0.2) is 97.2 Å². The fourth-order valence-corrected chi connectivity index (χ4v) is 8.29. The second-order valence-electron chi connectivity index (χ2n) is 19.9. The van der Waals surface area contributed by atoms with Crippen molar-refractivity contribution in [3.05, 3.63) is 97.2 Å². The van der Waals surface area contributed by atoms with Crippen molar-refractivity contribution < 1.29 is 28.6 Å². The van der Waals surface area contributed by atoms with Crippen molar-refractivity contribution in [2.75, 3.05) is 13.2 Å². The summed E-state index contributed by atoms with van der Waals surface area (Å²) in [4.78, 5) is 38.2. The minimum Gasteiger partial charge on any atom is -0.462 e.